The Morgan fingerprint density at radius 3 is 2.41 bits per heavy atom. The summed E-state index contributed by atoms with van der Waals surface area (Å²) in [6.07, 6.45) is 2.69. The highest BCUT2D eigenvalue weighted by Crippen LogP contribution is 2.36. The molecule has 0 saturated carbocycles. The van der Waals surface area contributed by atoms with E-state index in [1.54, 1.807) is 0 Å². The lowest BCUT2D eigenvalue weighted by molar-refractivity contribution is -0.127. The second kappa shape index (κ2) is 5.10. The van der Waals surface area contributed by atoms with Crippen molar-refractivity contribution >= 4 is 14.2 Å². The van der Waals surface area contributed by atoms with Gasteiger partial charge in [-0.3, -0.25) is 4.79 Å². The van der Waals surface area contributed by atoms with Gasteiger partial charge in [0.2, 0.25) is 5.91 Å². The van der Waals surface area contributed by atoms with Gasteiger partial charge in [-0.25, -0.2) is 0 Å². The lowest BCUT2D eigenvalue weighted by Crippen LogP contribution is -2.41. The Kier molecular flexibility index (Phi) is 4.41. The molecular weight excluding hydrogens is 230 g/mol. The fraction of sp³-hybridized carbons (Fsp3) is 0.923. The average molecular weight is 257 g/mol. The van der Waals surface area contributed by atoms with Crippen LogP contribution in [-0.2, 0) is 9.22 Å². The van der Waals surface area contributed by atoms with E-state index >= 15 is 0 Å². The Morgan fingerprint density at radius 1 is 1.41 bits per heavy atom. The predicted octanol–water partition coefficient (Wildman–Crippen LogP) is 3.02. The largest absolute Gasteiger partial charge is 0.417 e. The smallest absolute Gasteiger partial charge is 0.222 e. The maximum absolute atomic E-state index is 11.4. The number of carbonyl (C=O) groups is 1. The number of carbonyl (C=O) groups excluding carboxylic acids is 1. The van der Waals surface area contributed by atoms with Gasteiger partial charge in [0.05, 0.1) is 0 Å². The molecule has 0 radical (unpaired) electrons. The molecule has 1 saturated heterocycles. The molecule has 0 aromatic carbocycles. The second-order valence-corrected chi connectivity index (χ2v) is 11.4. The van der Waals surface area contributed by atoms with Crippen LogP contribution in [0, 0.1) is 0 Å². The molecule has 0 aliphatic carbocycles. The highest BCUT2D eigenvalue weighted by atomic mass is 28.4. The van der Waals surface area contributed by atoms with Gasteiger partial charge in [-0.1, -0.05) is 20.8 Å². The van der Waals surface area contributed by atoms with Crippen LogP contribution in [0.1, 0.15) is 40.0 Å². The van der Waals surface area contributed by atoms with Gasteiger partial charge in [-0.2, -0.15) is 0 Å². The fourth-order valence-corrected chi connectivity index (χ4v) is 2.93. The van der Waals surface area contributed by atoms with E-state index in [0.29, 0.717) is 12.5 Å². The summed E-state index contributed by atoms with van der Waals surface area (Å²) in [7, 11) is 0.290. The number of hydrogen-bond donors (Lipinski definition) is 0. The van der Waals surface area contributed by atoms with E-state index in [1.165, 1.54) is 0 Å². The van der Waals surface area contributed by atoms with E-state index in [0.717, 1.165) is 19.4 Å². The van der Waals surface area contributed by atoms with Gasteiger partial charge < -0.3 is 9.33 Å². The van der Waals surface area contributed by atoms with Crippen LogP contribution in [0.25, 0.3) is 0 Å². The molecule has 0 spiro atoms. The van der Waals surface area contributed by atoms with Gasteiger partial charge >= 0.3 is 0 Å². The molecule has 0 N–H and O–H groups in total. The van der Waals surface area contributed by atoms with E-state index < -0.39 is 8.32 Å². The van der Waals surface area contributed by atoms with Gasteiger partial charge in [0.1, 0.15) is 0 Å². The monoisotopic (exact) mass is 257 g/mol. The second-order valence-electron chi connectivity index (χ2n) is 6.59. The Bertz CT molecular complexity index is 284. The van der Waals surface area contributed by atoms with Crippen molar-refractivity contribution in [1.29, 1.82) is 0 Å². The van der Waals surface area contributed by atoms with Crippen molar-refractivity contribution in [3.8, 4) is 0 Å². The van der Waals surface area contributed by atoms with Crippen molar-refractivity contribution in [2.75, 3.05) is 13.7 Å². The van der Waals surface area contributed by atoms with Crippen LogP contribution in [0.3, 0.4) is 0 Å². The zero-order valence-electron chi connectivity index (χ0n) is 12.2. The van der Waals surface area contributed by atoms with Crippen LogP contribution < -0.4 is 0 Å². The number of amides is 1. The lowest BCUT2D eigenvalue weighted by atomic mass is 10.2. The first-order valence-corrected chi connectivity index (χ1v) is 9.45. The molecule has 0 bridgehead atoms. The Balaban J connectivity index is 2.36. The molecule has 17 heavy (non-hydrogen) atoms. The summed E-state index contributed by atoms with van der Waals surface area (Å²) in [5.74, 6) is 0.280. The van der Waals surface area contributed by atoms with Crippen molar-refractivity contribution in [2.24, 2.45) is 0 Å². The summed E-state index contributed by atoms with van der Waals surface area (Å²) < 4.78 is 6.14. The van der Waals surface area contributed by atoms with Crippen LogP contribution >= 0.6 is 0 Å². The standard InChI is InChI=1S/C13H27NO2Si/c1-13(2,3)17(5,6)16-10-9-11-7-8-12(15)14(11)4/h11H,7-10H2,1-6H3. The minimum atomic E-state index is -1.62. The van der Waals surface area contributed by atoms with Gasteiger partial charge in [-0.05, 0) is 31.0 Å². The van der Waals surface area contributed by atoms with E-state index in [-0.39, 0.29) is 10.9 Å². The first kappa shape index (κ1) is 14.7. The first-order chi connectivity index (χ1) is 7.65. The molecule has 0 aromatic rings. The number of likely N-dealkylation sites (tertiary alicyclic amines) is 1. The van der Waals surface area contributed by atoms with Crippen molar-refractivity contribution < 1.29 is 9.22 Å². The van der Waals surface area contributed by atoms with Crippen molar-refractivity contribution in [3.05, 3.63) is 0 Å². The highest BCUT2D eigenvalue weighted by molar-refractivity contribution is 6.74. The summed E-state index contributed by atoms with van der Waals surface area (Å²) in [6, 6.07) is 0.396. The molecule has 100 valence electrons. The molecule has 1 amide bonds. The third kappa shape index (κ3) is 3.55. The SMILES string of the molecule is CN1C(=O)CCC1CCO[Si](C)(C)C(C)(C)C. The van der Waals surface area contributed by atoms with Gasteiger partial charge in [0.15, 0.2) is 8.32 Å². The summed E-state index contributed by atoms with van der Waals surface area (Å²) in [5.41, 5.74) is 0. The molecule has 4 heteroatoms. The third-order valence-corrected chi connectivity index (χ3v) is 8.89. The van der Waals surface area contributed by atoms with Gasteiger partial charge in [0.25, 0.3) is 0 Å². The highest BCUT2D eigenvalue weighted by Gasteiger charge is 2.37. The topological polar surface area (TPSA) is 29.5 Å². The van der Waals surface area contributed by atoms with Crippen LogP contribution in [-0.4, -0.2) is 38.8 Å². The quantitative estimate of drug-likeness (QED) is 0.725. The van der Waals surface area contributed by atoms with E-state index in [4.69, 9.17) is 4.43 Å². The van der Waals surface area contributed by atoms with Crippen molar-refractivity contribution in [1.82, 2.24) is 4.90 Å². The maximum atomic E-state index is 11.4. The number of hydrogen-bond acceptors (Lipinski definition) is 2. The molecular formula is C13H27NO2Si. The summed E-state index contributed by atoms with van der Waals surface area (Å²) in [6.45, 7) is 12.1. The summed E-state index contributed by atoms with van der Waals surface area (Å²) in [4.78, 5) is 13.3. The van der Waals surface area contributed by atoms with Gasteiger partial charge in [-0.15, -0.1) is 0 Å². The average Bonchev–Trinajstić information content (AvgIpc) is 2.47. The molecule has 1 aliphatic rings. The third-order valence-electron chi connectivity index (χ3n) is 4.35. The molecule has 1 atom stereocenters. The number of nitrogens with zero attached hydrogens (tertiary/aromatic N) is 1. The predicted molar refractivity (Wildman–Crippen MR) is 73.6 cm³/mol. The Morgan fingerprint density at radius 2 is 2.00 bits per heavy atom. The molecule has 1 fully saturated rings. The Labute approximate surface area is 107 Å². The zero-order chi connectivity index (χ0) is 13.3. The Hall–Kier alpha value is -0.353. The van der Waals surface area contributed by atoms with Crippen LogP contribution in [0.15, 0.2) is 0 Å². The minimum Gasteiger partial charge on any atom is -0.417 e. The van der Waals surface area contributed by atoms with E-state index in [9.17, 15) is 4.79 Å². The van der Waals surface area contributed by atoms with Crippen LogP contribution in [0.4, 0.5) is 0 Å². The van der Waals surface area contributed by atoms with Crippen LogP contribution in [0.5, 0.6) is 0 Å². The fourth-order valence-electron chi connectivity index (χ4n) is 1.87. The van der Waals surface area contributed by atoms with Crippen LogP contribution in [0.2, 0.25) is 18.1 Å². The summed E-state index contributed by atoms with van der Waals surface area (Å²) >= 11 is 0. The van der Waals surface area contributed by atoms with Crippen molar-refractivity contribution in [3.63, 3.8) is 0 Å². The van der Waals surface area contributed by atoms with E-state index in [1.807, 2.05) is 11.9 Å². The zero-order valence-corrected chi connectivity index (χ0v) is 13.2. The van der Waals surface area contributed by atoms with Gasteiger partial charge in [0, 0.05) is 26.1 Å². The maximum Gasteiger partial charge on any atom is 0.222 e. The molecule has 1 unspecified atom stereocenters. The molecule has 1 rings (SSSR count). The molecule has 1 heterocycles. The lowest BCUT2D eigenvalue weighted by Gasteiger charge is -2.36. The molecule has 0 aromatic heterocycles. The molecule has 3 nitrogen and oxygen atoms in total. The van der Waals surface area contributed by atoms with E-state index in [2.05, 4.69) is 33.9 Å². The molecule has 1 aliphatic heterocycles. The normalized spacial score (nSPS) is 22.4. The minimum absolute atomic E-state index is 0.268. The first-order valence-electron chi connectivity index (χ1n) is 6.55. The number of rotatable bonds is 4. The van der Waals surface area contributed by atoms with Crippen molar-refractivity contribution in [2.45, 2.75) is 64.2 Å². The summed E-state index contributed by atoms with van der Waals surface area (Å²) in [5, 5.41) is 0.268.